The maximum atomic E-state index is 6.23. The van der Waals surface area contributed by atoms with E-state index in [1.165, 1.54) is 0 Å². The largest absolute Gasteiger partial charge is 0.398 e. The molecule has 0 spiro atoms. The average Bonchev–Trinajstić information content (AvgIpc) is 2.44. The molecule has 0 bridgehead atoms. The first-order chi connectivity index (χ1) is 9.99. The summed E-state index contributed by atoms with van der Waals surface area (Å²) in [4.78, 5) is 0. The smallest absolute Gasteiger partial charge is 0.184 e. The van der Waals surface area contributed by atoms with Crippen LogP contribution in [0.1, 0.15) is 11.1 Å². The van der Waals surface area contributed by atoms with Gasteiger partial charge in [-0.05, 0) is 36.5 Å². The molecule has 5 N–H and O–H groups in total. The van der Waals surface area contributed by atoms with E-state index in [-0.39, 0.29) is 5.11 Å². The predicted octanol–water partition coefficient (Wildman–Crippen LogP) is 3.16. The summed E-state index contributed by atoms with van der Waals surface area (Å²) >= 11 is 17.0. The first-order valence-corrected chi connectivity index (χ1v) is 7.09. The molecule has 4 nitrogen and oxygen atoms in total. The van der Waals surface area contributed by atoms with Gasteiger partial charge in [-0.2, -0.15) is 5.10 Å². The molecule has 0 amide bonds. The Morgan fingerprint density at radius 2 is 1.81 bits per heavy atom. The highest BCUT2D eigenvalue weighted by molar-refractivity contribution is 7.80. The van der Waals surface area contributed by atoms with Crippen molar-refractivity contribution in [3.63, 3.8) is 0 Å². The maximum Gasteiger partial charge on any atom is 0.184 e. The summed E-state index contributed by atoms with van der Waals surface area (Å²) < 4.78 is 0. The quantitative estimate of drug-likeness (QED) is 0.347. The van der Waals surface area contributed by atoms with Gasteiger partial charge in [0.1, 0.15) is 5.71 Å². The third-order valence-corrected chi connectivity index (χ3v) is 3.33. The number of halogens is 2. The fourth-order valence-electron chi connectivity index (χ4n) is 1.76. The van der Waals surface area contributed by atoms with Gasteiger partial charge in [-0.25, -0.2) is 0 Å². The standard InChI is InChI=1S/C14H12Cl2N4S/c15-8-5-6-12(17)10(7-8)13(19-20-14(18)21)9-3-1-2-4-11(9)16/h1-7H,17H2,(H3,18,20,21)/b19-13+. The van der Waals surface area contributed by atoms with Crippen molar-refractivity contribution >= 4 is 51.9 Å². The zero-order valence-electron chi connectivity index (χ0n) is 10.8. The molecule has 0 saturated carbocycles. The third-order valence-electron chi connectivity index (χ3n) is 2.68. The Balaban J connectivity index is 2.62. The molecule has 2 rings (SSSR count). The molecule has 0 radical (unpaired) electrons. The first kappa shape index (κ1) is 15.6. The van der Waals surface area contributed by atoms with Gasteiger partial charge in [0.25, 0.3) is 0 Å². The summed E-state index contributed by atoms with van der Waals surface area (Å²) in [5.74, 6) is 0. The lowest BCUT2D eigenvalue weighted by atomic mass is 10.0. The second-order valence-electron chi connectivity index (χ2n) is 4.15. The zero-order valence-corrected chi connectivity index (χ0v) is 13.1. The highest BCUT2D eigenvalue weighted by Crippen LogP contribution is 2.25. The van der Waals surface area contributed by atoms with Crippen LogP contribution < -0.4 is 16.9 Å². The molecule has 0 saturated heterocycles. The molecule has 0 unspecified atom stereocenters. The van der Waals surface area contributed by atoms with Crippen molar-refractivity contribution in [1.29, 1.82) is 0 Å². The van der Waals surface area contributed by atoms with Crippen molar-refractivity contribution in [2.75, 3.05) is 5.73 Å². The number of rotatable bonds is 3. The summed E-state index contributed by atoms with van der Waals surface area (Å²) in [6.45, 7) is 0. The molecule has 7 heteroatoms. The Labute approximate surface area is 137 Å². The van der Waals surface area contributed by atoms with E-state index in [1.807, 2.05) is 18.2 Å². The van der Waals surface area contributed by atoms with Crippen LogP contribution in [0.3, 0.4) is 0 Å². The van der Waals surface area contributed by atoms with Crippen LogP contribution in [0, 0.1) is 0 Å². The van der Waals surface area contributed by atoms with Crippen LogP contribution in [0.4, 0.5) is 5.69 Å². The fraction of sp³-hybridized carbons (Fsp3) is 0. The second kappa shape index (κ2) is 6.76. The number of nitrogens with two attached hydrogens (primary N) is 2. The molecule has 0 fully saturated rings. The number of anilines is 1. The number of hydrogen-bond donors (Lipinski definition) is 3. The minimum absolute atomic E-state index is 0.0418. The maximum absolute atomic E-state index is 6.23. The minimum atomic E-state index is 0.0418. The molecule has 0 heterocycles. The molecular weight excluding hydrogens is 327 g/mol. The van der Waals surface area contributed by atoms with E-state index in [9.17, 15) is 0 Å². The molecule has 0 atom stereocenters. The minimum Gasteiger partial charge on any atom is -0.398 e. The summed E-state index contributed by atoms with van der Waals surface area (Å²) in [5.41, 5.74) is 16.3. The van der Waals surface area contributed by atoms with E-state index in [2.05, 4.69) is 10.5 Å². The second-order valence-corrected chi connectivity index (χ2v) is 5.43. The normalized spacial score (nSPS) is 11.2. The van der Waals surface area contributed by atoms with Crippen molar-refractivity contribution in [3.05, 3.63) is 63.6 Å². The summed E-state index contributed by atoms with van der Waals surface area (Å²) in [5, 5.41) is 5.31. The van der Waals surface area contributed by atoms with Crippen LogP contribution in [0.2, 0.25) is 10.0 Å². The van der Waals surface area contributed by atoms with Crippen molar-refractivity contribution in [2.24, 2.45) is 10.8 Å². The van der Waals surface area contributed by atoms with Gasteiger partial charge in [0.15, 0.2) is 5.11 Å². The molecule has 0 aliphatic heterocycles. The predicted molar refractivity (Wildman–Crippen MR) is 92.9 cm³/mol. The Hall–Kier alpha value is -1.82. The van der Waals surface area contributed by atoms with Crippen molar-refractivity contribution < 1.29 is 0 Å². The van der Waals surface area contributed by atoms with Crippen molar-refractivity contribution in [1.82, 2.24) is 5.43 Å². The van der Waals surface area contributed by atoms with Gasteiger partial charge in [-0.15, -0.1) is 0 Å². The lowest BCUT2D eigenvalue weighted by molar-refractivity contribution is 1.03. The molecule has 0 aliphatic carbocycles. The van der Waals surface area contributed by atoms with E-state index in [0.717, 1.165) is 0 Å². The van der Waals surface area contributed by atoms with Gasteiger partial charge < -0.3 is 11.5 Å². The Kier molecular flexibility index (Phi) is 5.01. The SMILES string of the molecule is NC(=S)N/N=C(/c1cc(Cl)ccc1N)c1ccccc1Cl. The lowest BCUT2D eigenvalue weighted by Gasteiger charge is -2.12. The van der Waals surface area contributed by atoms with Gasteiger partial charge in [0.05, 0.1) is 5.02 Å². The van der Waals surface area contributed by atoms with E-state index < -0.39 is 0 Å². The van der Waals surface area contributed by atoms with E-state index in [0.29, 0.717) is 32.6 Å². The van der Waals surface area contributed by atoms with Crippen LogP contribution >= 0.6 is 35.4 Å². The number of nitrogens with zero attached hydrogens (tertiary/aromatic N) is 1. The Morgan fingerprint density at radius 1 is 1.10 bits per heavy atom. The number of nitrogens with one attached hydrogen (secondary N) is 1. The number of nitrogen functional groups attached to an aromatic ring is 1. The van der Waals surface area contributed by atoms with Crippen molar-refractivity contribution in [2.45, 2.75) is 0 Å². The van der Waals surface area contributed by atoms with Gasteiger partial charge in [-0.1, -0.05) is 41.4 Å². The molecule has 21 heavy (non-hydrogen) atoms. The molecule has 2 aromatic rings. The van der Waals surface area contributed by atoms with Crippen LogP contribution in [-0.2, 0) is 0 Å². The van der Waals surface area contributed by atoms with Crippen LogP contribution in [0.15, 0.2) is 47.6 Å². The number of thiocarbonyl (C=S) groups is 1. The lowest BCUT2D eigenvalue weighted by Crippen LogP contribution is -2.26. The Bertz CT molecular complexity index is 716. The summed E-state index contributed by atoms with van der Waals surface area (Å²) in [6, 6.07) is 12.4. The van der Waals surface area contributed by atoms with E-state index >= 15 is 0 Å². The van der Waals surface area contributed by atoms with Gasteiger partial charge in [-0.3, -0.25) is 5.43 Å². The molecule has 0 aliphatic rings. The molecule has 2 aromatic carbocycles. The Morgan fingerprint density at radius 3 is 2.48 bits per heavy atom. The van der Waals surface area contributed by atoms with E-state index in [4.69, 9.17) is 46.9 Å². The van der Waals surface area contributed by atoms with Gasteiger partial charge >= 0.3 is 0 Å². The van der Waals surface area contributed by atoms with Crippen LogP contribution in [0.5, 0.6) is 0 Å². The van der Waals surface area contributed by atoms with Crippen LogP contribution in [0.25, 0.3) is 0 Å². The van der Waals surface area contributed by atoms with Gasteiger partial charge in [0, 0.05) is 21.8 Å². The van der Waals surface area contributed by atoms with Crippen molar-refractivity contribution in [3.8, 4) is 0 Å². The summed E-state index contributed by atoms with van der Waals surface area (Å²) in [7, 11) is 0. The van der Waals surface area contributed by atoms with Crippen LogP contribution in [-0.4, -0.2) is 10.8 Å². The number of hydrazone groups is 1. The first-order valence-electron chi connectivity index (χ1n) is 5.92. The zero-order chi connectivity index (χ0) is 15.4. The molecule has 0 aromatic heterocycles. The number of benzene rings is 2. The average molecular weight is 339 g/mol. The topological polar surface area (TPSA) is 76.4 Å². The monoisotopic (exact) mass is 338 g/mol. The molecule has 108 valence electrons. The highest BCUT2D eigenvalue weighted by atomic mass is 35.5. The van der Waals surface area contributed by atoms with E-state index in [1.54, 1.807) is 24.3 Å². The summed E-state index contributed by atoms with van der Waals surface area (Å²) in [6.07, 6.45) is 0. The van der Waals surface area contributed by atoms with Gasteiger partial charge in [0.2, 0.25) is 0 Å². The molecular formula is C14H12Cl2N4S. The third kappa shape index (κ3) is 3.85. The number of hydrogen-bond acceptors (Lipinski definition) is 3. The highest BCUT2D eigenvalue weighted by Gasteiger charge is 2.14. The fourth-order valence-corrected chi connectivity index (χ4v) is 2.21.